The van der Waals surface area contributed by atoms with Gasteiger partial charge in [-0.05, 0) is 44.9 Å². The van der Waals surface area contributed by atoms with E-state index in [0.717, 1.165) is 30.2 Å². The number of ether oxygens (including phenoxy) is 1. The molecule has 0 aromatic carbocycles. The van der Waals surface area contributed by atoms with Gasteiger partial charge in [-0.3, -0.25) is 0 Å². The Kier molecular flexibility index (Phi) is 3.73. The molecule has 1 saturated carbocycles. The average Bonchev–Trinajstić information content (AvgIpc) is 2.23. The van der Waals surface area contributed by atoms with E-state index >= 15 is 0 Å². The smallest absolute Gasteiger partial charge is 0.222 e. The van der Waals surface area contributed by atoms with E-state index in [1.54, 1.807) is 0 Å². The van der Waals surface area contributed by atoms with Gasteiger partial charge < -0.3 is 10.5 Å². The van der Waals surface area contributed by atoms with E-state index < -0.39 is 0 Å². The van der Waals surface area contributed by atoms with Crippen molar-refractivity contribution in [1.29, 1.82) is 0 Å². The lowest BCUT2D eigenvalue weighted by atomic mass is 9.82. The van der Waals surface area contributed by atoms with Gasteiger partial charge in [-0.1, -0.05) is 13.8 Å². The zero-order chi connectivity index (χ0) is 13.3. The molecule has 2 atom stereocenters. The predicted octanol–water partition coefficient (Wildman–Crippen LogP) is 2.88. The largest absolute Gasteiger partial charge is 0.474 e. The lowest BCUT2D eigenvalue weighted by Crippen LogP contribution is -2.29. The Morgan fingerprint density at radius 1 is 1.06 bits per heavy atom. The van der Waals surface area contributed by atoms with E-state index in [1.165, 1.54) is 6.42 Å². The highest BCUT2D eigenvalue weighted by Gasteiger charge is 2.26. The molecule has 0 aliphatic heterocycles. The maximum absolute atomic E-state index is 6.06. The molecule has 2 N–H and O–H groups in total. The van der Waals surface area contributed by atoms with Crippen LogP contribution in [0.1, 0.15) is 44.5 Å². The van der Waals surface area contributed by atoms with Crippen LogP contribution in [0.2, 0.25) is 0 Å². The van der Waals surface area contributed by atoms with Gasteiger partial charge in [0, 0.05) is 0 Å². The van der Waals surface area contributed by atoms with Gasteiger partial charge in [-0.15, -0.1) is 0 Å². The average molecular weight is 249 g/mol. The monoisotopic (exact) mass is 249 g/mol. The molecule has 0 spiro atoms. The fourth-order valence-electron chi connectivity index (χ4n) is 2.87. The van der Waals surface area contributed by atoms with Gasteiger partial charge in [0.1, 0.15) is 17.7 Å². The maximum atomic E-state index is 6.06. The molecule has 2 rings (SSSR count). The Hall–Kier alpha value is -1.32. The predicted molar refractivity (Wildman–Crippen MR) is 72.5 cm³/mol. The number of rotatable bonds is 2. The summed E-state index contributed by atoms with van der Waals surface area (Å²) in [7, 11) is 0. The molecule has 1 fully saturated rings. The highest BCUT2D eigenvalue weighted by molar-refractivity contribution is 5.44. The fourth-order valence-corrected chi connectivity index (χ4v) is 2.87. The number of nitrogens with two attached hydrogens (primary N) is 1. The molecule has 2 unspecified atom stereocenters. The highest BCUT2D eigenvalue weighted by atomic mass is 16.5. The van der Waals surface area contributed by atoms with Crippen molar-refractivity contribution in [3.63, 3.8) is 0 Å². The SMILES string of the molecule is Cc1nc(N)c(C)c(OC2CC(C)CC(C)C2)n1. The van der Waals surface area contributed by atoms with Crippen molar-refractivity contribution in [3.8, 4) is 5.88 Å². The van der Waals surface area contributed by atoms with Crippen molar-refractivity contribution in [3.05, 3.63) is 11.4 Å². The Morgan fingerprint density at radius 3 is 2.28 bits per heavy atom. The van der Waals surface area contributed by atoms with Crippen LogP contribution in [0.5, 0.6) is 5.88 Å². The van der Waals surface area contributed by atoms with Crippen molar-refractivity contribution < 1.29 is 4.74 Å². The third kappa shape index (κ3) is 2.92. The number of aromatic nitrogens is 2. The first-order chi connectivity index (χ1) is 8.45. The number of anilines is 1. The van der Waals surface area contributed by atoms with E-state index in [1.807, 2.05) is 13.8 Å². The summed E-state index contributed by atoms with van der Waals surface area (Å²) in [6, 6.07) is 0. The van der Waals surface area contributed by atoms with Crippen molar-refractivity contribution in [2.75, 3.05) is 5.73 Å². The van der Waals surface area contributed by atoms with Crippen LogP contribution >= 0.6 is 0 Å². The molecule has 100 valence electrons. The summed E-state index contributed by atoms with van der Waals surface area (Å²) in [5, 5.41) is 0. The van der Waals surface area contributed by atoms with Crippen molar-refractivity contribution >= 4 is 5.82 Å². The van der Waals surface area contributed by atoms with Gasteiger partial charge in [-0.2, -0.15) is 4.98 Å². The Balaban J connectivity index is 2.14. The zero-order valence-electron chi connectivity index (χ0n) is 11.7. The van der Waals surface area contributed by atoms with Crippen LogP contribution in [0.3, 0.4) is 0 Å². The second-order valence-electron chi connectivity index (χ2n) is 5.74. The third-order valence-electron chi connectivity index (χ3n) is 3.66. The van der Waals surface area contributed by atoms with Crippen LogP contribution in [0.15, 0.2) is 0 Å². The summed E-state index contributed by atoms with van der Waals surface area (Å²) in [6.07, 6.45) is 3.76. The van der Waals surface area contributed by atoms with Crippen LogP contribution < -0.4 is 10.5 Å². The molecule has 4 heteroatoms. The first-order valence-corrected chi connectivity index (χ1v) is 6.73. The normalized spacial score (nSPS) is 28.1. The first-order valence-electron chi connectivity index (χ1n) is 6.73. The lowest BCUT2D eigenvalue weighted by Gasteiger charge is -2.31. The minimum absolute atomic E-state index is 0.260. The molecule has 18 heavy (non-hydrogen) atoms. The Labute approximate surface area is 109 Å². The standard InChI is InChI=1S/C14H23N3O/c1-8-5-9(2)7-12(6-8)18-14-10(3)13(15)16-11(4)17-14/h8-9,12H,5-7H2,1-4H3,(H2,15,16,17). The summed E-state index contributed by atoms with van der Waals surface area (Å²) < 4.78 is 6.06. The van der Waals surface area contributed by atoms with E-state index in [4.69, 9.17) is 10.5 Å². The van der Waals surface area contributed by atoms with Crippen LogP contribution in [0.4, 0.5) is 5.82 Å². The van der Waals surface area contributed by atoms with Crippen LogP contribution in [-0.2, 0) is 0 Å². The summed E-state index contributed by atoms with van der Waals surface area (Å²) in [5.74, 6) is 3.30. The first kappa shape index (κ1) is 13.1. The number of aryl methyl sites for hydroxylation is 1. The maximum Gasteiger partial charge on any atom is 0.222 e. The zero-order valence-corrected chi connectivity index (χ0v) is 11.7. The van der Waals surface area contributed by atoms with Gasteiger partial charge in [-0.25, -0.2) is 4.98 Å². The lowest BCUT2D eigenvalue weighted by molar-refractivity contribution is 0.0957. The molecule has 1 aliphatic carbocycles. The second kappa shape index (κ2) is 5.12. The van der Waals surface area contributed by atoms with Gasteiger partial charge in [0.25, 0.3) is 0 Å². The molecule has 0 saturated heterocycles. The van der Waals surface area contributed by atoms with Crippen LogP contribution in [0, 0.1) is 25.7 Å². The van der Waals surface area contributed by atoms with Crippen LogP contribution in [0.25, 0.3) is 0 Å². The van der Waals surface area contributed by atoms with E-state index in [2.05, 4.69) is 23.8 Å². The molecule has 0 bridgehead atoms. The summed E-state index contributed by atoms with van der Waals surface area (Å²) in [4.78, 5) is 8.51. The Morgan fingerprint density at radius 2 is 1.67 bits per heavy atom. The van der Waals surface area contributed by atoms with Gasteiger partial charge in [0.15, 0.2) is 0 Å². The van der Waals surface area contributed by atoms with Crippen molar-refractivity contribution in [1.82, 2.24) is 9.97 Å². The number of hydrogen-bond donors (Lipinski definition) is 1. The molecular weight excluding hydrogens is 226 g/mol. The number of nitrogen functional groups attached to an aromatic ring is 1. The second-order valence-corrected chi connectivity index (χ2v) is 5.74. The number of nitrogens with zero attached hydrogens (tertiary/aromatic N) is 2. The number of hydrogen-bond acceptors (Lipinski definition) is 4. The Bertz CT molecular complexity index is 423. The van der Waals surface area contributed by atoms with Crippen LogP contribution in [-0.4, -0.2) is 16.1 Å². The van der Waals surface area contributed by atoms with Crippen molar-refractivity contribution in [2.24, 2.45) is 11.8 Å². The highest BCUT2D eigenvalue weighted by Crippen LogP contribution is 2.32. The van der Waals surface area contributed by atoms with E-state index in [-0.39, 0.29) is 6.10 Å². The minimum Gasteiger partial charge on any atom is -0.474 e. The molecule has 1 aliphatic rings. The summed E-state index contributed by atoms with van der Waals surface area (Å²) in [5.41, 5.74) is 6.70. The molecule has 1 heterocycles. The molecular formula is C14H23N3O. The third-order valence-corrected chi connectivity index (χ3v) is 3.66. The van der Waals surface area contributed by atoms with Gasteiger partial charge in [0.05, 0.1) is 5.56 Å². The molecule has 1 aromatic rings. The molecule has 1 aromatic heterocycles. The fraction of sp³-hybridized carbons (Fsp3) is 0.714. The molecule has 0 amide bonds. The summed E-state index contributed by atoms with van der Waals surface area (Å²) in [6.45, 7) is 8.34. The molecule has 4 nitrogen and oxygen atoms in total. The van der Waals surface area contributed by atoms with Gasteiger partial charge in [0.2, 0.25) is 5.88 Å². The topological polar surface area (TPSA) is 61.0 Å². The van der Waals surface area contributed by atoms with Gasteiger partial charge >= 0.3 is 0 Å². The quantitative estimate of drug-likeness (QED) is 0.875. The minimum atomic E-state index is 0.260. The van der Waals surface area contributed by atoms with E-state index in [0.29, 0.717) is 17.5 Å². The van der Waals surface area contributed by atoms with Crippen molar-refractivity contribution in [2.45, 2.75) is 53.1 Å². The summed E-state index contributed by atoms with van der Waals surface area (Å²) >= 11 is 0. The van der Waals surface area contributed by atoms with E-state index in [9.17, 15) is 0 Å². The molecule has 0 radical (unpaired) electrons.